The quantitative estimate of drug-likeness (QED) is 0.0261. The Morgan fingerprint density at radius 1 is 0.270 bits per heavy atom. The maximum absolute atomic E-state index is 12.9. The lowest BCUT2D eigenvalue weighted by Gasteiger charge is -2.18. The Morgan fingerprint density at radius 3 is 0.784 bits per heavy atom. The molecule has 6 nitrogen and oxygen atoms in total. The highest BCUT2D eigenvalue weighted by atomic mass is 16.6. The third-order valence-corrected chi connectivity index (χ3v) is 14.9. The number of rotatable bonds is 61. The van der Waals surface area contributed by atoms with E-state index in [-0.39, 0.29) is 31.1 Å². The smallest absolute Gasteiger partial charge is 0.306 e. The van der Waals surface area contributed by atoms with Crippen molar-refractivity contribution in [2.24, 2.45) is 0 Å². The lowest BCUT2D eigenvalue weighted by atomic mass is 10.0. The molecule has 0 saturated heterocycles. The number of esters is 3. The fraction of sp³-hybridized carbons (Fsp3) is 0.868. The molecular weight excluding hydrogens is 913 g/mol. The Kier molecular flexibility index (Phi) is 61.1. The van der Waals surface area contributed by atoms with Gasteiger partial charge >= 0.3 is 17.9 Å². The highest BCUT2D eigenvalue weighted by molar-refractivity contribution is 5.71. The van der Waals surface area contributed by atoms with Gasteiger partial charge in [0.05, 0.1) is 0 Å². The Labute approximate surface area is 461 Å². The average molecular weight is 1040 g/mol. The minimum absolute atomic E-state index is 0.0722. The zero-order chi connectivity index (χ0) is 53.6. The Morgan fingerprint density at radius 2 is 0.486 bits per heavy atom. The summed E-state index contributed by atoms with van der Waals surface area (Å²) < 4.78 is 16.9. The molecule has 74 heavy (non-hydrogen) atoms. The molecule has 0 N–H and O–H groups in total. The zero-order valence-corrected chi connectivity index (χ0v) is 49.9. The summed E-state index contributed by atoms with van der Waals surface area (Å²) in [5, 5.41) is 0. The summed E-state index contributed by atoms with van der Waals surface area (Å²) in [7, 11) is 0. The van der Waals surface area contributed by atoms with Crippen molar-refractivity contribution in [3.8, 4) is 0 Å². The van der Waals surface area contributed by atoms with Crippen molar-refractivity contribution in [3.05, 3.63) is 36.5 Å². The summed E-state index contributed by atoms with van der Waals surface area (Å²) in [6.07, 6.45) is 77.3. The van der Waals surface area contributed by atoms with Gasteiger partial charge in [0.15, 0.2) is 6.10 Å². The summed E-state index contributed by atoms with van der Waals surface area (Å²) in [6.45, 7) is 6.66. The molecule has 0 aromatic carbocycles. The topological polar surface area (TPSA) is 78.9 Å². The molecule has 0 rings (SSSR count). The second-order valence-electron chi connectivity index (χ2n) is 22.4. The Bertz CT molecular complexity index is 1240. The number of hydrogen-bond acceptors (Lipinski definition) is 6. The fourth-order valence-electron chi connectivity index (χ4n) is 9.88. The molecule has 0 radical (unpaired) electrons. The molecule has 0 heterocycles. The maximum Gasteiger partial charge on any atom is 0.306 e. The van der Waals surface area contributed by atoms with Crippen molar-refractivity contribution in [1.82, 2.24) is 0 Å². The van der Waals surface area contributed by atoms with Gasteiger partial charge in [0.25, 0.3) is 0 Å². The molecule has 0 amide bonds. The molecule has 0 aliphatic rings. The van der Waals surface area contributed by atoms with Gasteiger partial charge in [-0.15, -0.1) is 0 Å². The van der Waals surface area contributed by atoms with Gasteiger partial charge in [0.1, 0.15) is 13.2 Å². The van der Waals surface area contributed by atoms with Crippen molar-refractivity contribution in [2.45, 2.75) is 367 Å². The van der Waals surface area contributed by atoms with Crippen molar-refractivity contribution in [1.29, 1.82) is 0 Å². The van der Waals surface area contributed by atoms with E-state index in [1.807, 2.05) is 0 Å². The van der Waals surface area contributed by atoms with E-state index in [9.17, 15) is 14.4 Å². The van der Waals surface area contributed by atoms with E-state index in [2.05, 4.69) is 57.2 Å². The van der Waals surface area contributed by atoms with E-state index >= 15 is 0 Å². The molecule has 0 aliphatic heterocycles. The number of allylic oxidation sites excluding steroid dienone is 6. The number of carbonyl (C=O) groups excluding carboxylic acids is 3. The van der Waals surface area contributed by atoms with Crippen LogP contribution in [0.4, 0.5) is 0 Å². The van der Waals surface area contributed by atoms with Crippen molar-refractivity contribution in [3.63, 3.8) is 0 Å². The average Bonchev–Trinajstić information content (AvgIpc) is 3.40. The number of hydrogen-bond donors (Lipinski definition) is 0. The number of ether oxygens (including phenoxy) is 3. The summed E-state index contributed by atoms with van der Waals surface area (Å²) in [5.74, 6) is -0.862. The first-order chi connectivity index (χ1) is 36.5. The first kappa shape index (κ1) is 71.6. The van der Waals surface area contributed by atoms with Gasteiger partial charge in [-0.1, -0.05) is 301 Å². The van der Waals surface area contributed by atoms with Crippen molar-refractivity contribution < 1.29 is 28.6 Å². The van der Waals surface area contributed by atoms with Crippen molar-refractivity contribution >= 4 is 17.9 Å². The van der Waals surface area contributed by atoms with E-state index in [1.165, 1.54) is 250 Å². The van der Waals surface area contributed by atoms with Gasteiger partial charge in [0, 0.05) is 19.3 Å². The standard InChI is InChI=1S/C68H126O6/c1-4-7-10-13-16-19-22-25-27-29-31-33-34-36-37-39-41-43-46-49-52-55-58-61-67(70)73-64-65(63-72-66(69)60-57-54-51-48-45-24-21-18-15-12-9-6-3)74-68(71)62-59-56-53-50-47-44-42-40-38-35-32-30-28-26-23-20-17-14-11-8-5-2/h18,21,23,26,30,32,65H,4-17,19-20,22,24-25,27-29,31,33-64H2,1-3H3/b21-18-,26-23-,32-30-. The van der Waals surface area contributed by atoms with Crippen LogP contribution in [0.1, 0.15) is 361 Å². The molecule has 1 atom stereocenters. The number of unbranched alkanes of at least 4 members (excludes halogenated alkanes) is 44. The van der Waals surface area contributed by atoms with Crippen LogP contribution in [-0.4, -0.2) is 37.2 Å². The number of carbonyl (C=O) groups is 3. The molecule has 1 unspecified atom stereocenters. The molecule has 0 aromatic heterocycles. The molecule has 6 heteroatoms. The molecule has 0 aliphatic carbocycles. The van der Waals surface area contributed by atoms with Gasteiger partial charge < -0.3 is 14.2 Å². The van der Waals surface area contributed by atoms with Crippen LogP contribution >= 0.6 is 0 Å². The molecule has 0 bridgehead atoms. The minimum atomic E-state index is -0.776. The van der Waals surface area contributed by atoms with Crippen LogP contribution in [0.5, 0.6) is 0 Å². The zero-order valence-electron chi connectivity index (χ0n) is 49.9. The largest absolute Gasteiger partial charge is 0.462 e. The third kappa shape index (κ3) is 60.5. The van der Waals surface area contributed by atoms with E-state index in [0.717, 1.165) is 70.6 Å². The van der Waals surface area contributed by atoms with Gasteiger partial charge in [-0.25, -0.2) is 0 Å². The van der Waals surface area contributed by atoms with Crippen LogP contribution in [0.25, 0.3) is 0 Å². The van der Waals surface area contributed by atoms with Gasteiger partial charge in [-0.2, -0.15) is 0 Å². The van der Waals surface area contributed by atoms with E-state index < -0.39 is 6.10 Å². The molecule has 0 fully saturated rings. The summed E-state index contributed by atoms with van der Waals surface area (Å²) in [4.78, 5) is 38.3. The Hall–Kier alpha value is -2.37. The summed E-state index contributed by atoms with van der Waals surface area (Å²) in [5.41, 5.74) is 0. The minimum Gasteiger partial charge on any atom is -0.462 e. The van der Waals surface area contributed by atoms with Gasteiger partial charge in [-0.05, 0) is 77.0 Å². The Balaban J connectivity index is 4.25. The highest BCUT2D eigenvalue weighted by Gasteiger charge is 2.19. The molecule has 434 valence electrons. The molecule has 0 spiro atoms. The SMILES string of the molecule is CCCCC/C=C\CCCCCCCC(=O)OCC(COC(=O)CCCCCCCCCCCCCCCCCCCCCCCCC)OC(=O)CCCCCCCCCCC/C=C\C/C=C\CCCCCCC. The second-order valence-corrected chi connectivity index (χ2v) is 22.4. The first-order valence-corrected chi connectivity index (χ1v) is 33.0. The van der Waals surface area contributed by atoms with Crippen LogP contribution in [0.3, 0.4) is 0 Å². The van der Waals surface area contributed by atoms with Gasteiger partial charge in [0.2, 0.25) is 0 Å². The summed E-state index contributed by atoms with van der Waals surface area (Å²) in [6, 6.07) is 0. The van der Waals surface area contributed by atoms with Crippen LogP contribution in [-0.2, 0) is 28.6 Å². The third-order valence-electron chi connectivity index (χ3n) is 14.9. The first-order valence-electron chi connectivity index (χ1n) is 33.0. The molecular formula is C68H126O6. The van der Waals surface area contributed by atoms with Crippen LogP contribution < -0.4 is 0 Å². The lowest BCUT2D eigenvalue weighted by Crippen LogP contribution is -2.30. The molecule has 0 aromatic rings. The van der Waals surface area contributed by atoms with Crippen LogP contribution in [0.2, 0.25) is 0 Å². The van der Waals surface area contributed by atoms with Gasteiger partial charge in [-0.3, -0.25) is 14.4 Å². The monoisotopic (exact) mass is 1040 g/mol. The van der Waals surface area contributed by atoms with E-state index in [0.29, 0.717) is 19.3 Å². The molecule has 0 saturated carbocycles. The normalized spacial score (nSPS) is 12.2. The lowest BCUT2D eigenvalue weighted by molar-refractivity contribution is -0.167. The van der Waals surface area contributed by atoms with E-state index in [1.54, 1.807) is 0 Å². The summed E-state index contributed by atoms with van der Waals surface area (Å²) >= 11 is 0. The van der Waals surface area contributed by atoms with E-state index in [4.69, 9.17) is 14.2 Å². The maximum atomic E-state index is 12.9. The predicted octanol–water partition coefficient (Wildman–Crippen LogP) is 22.4. The van der Waals surface area contributed by atoms with Crippen LogP contribution in [0, 0.1) is 0 Å². The van der Waals surface area contributed by atoms with Crippen LogP contribution in [0.15, 0.2) is 36.5 Å². The highest BCUT2D eigenvalue weighted by Crippen LogP contribution is 2.18. The predicted molar refractivity (Wildman–Crippen MR) is 321 cm³/mol. The second kappa shape index (κ2) is 63.2. The fourth-order valence-corrected chi connectivity index (χ4v) is 9.88. The van der Waals surface area contributed by atoms with Crippen molar-refractivity contribution in [2.75, 3.05) is 13.2 Å².